The lowest BCUT2D eigenvalue weighted by molar-refractivity contribution is -0.118. The molecular formula is C36H36ClN5O6S. The number of sulfone groups is 1. The highest BCUT2D eigenvalue weighted by Gasteiger charge is 2.30. The van der Waals surface area contributed by atoms with Gasteiger partial charge in [0.2, 0.25) is 5.91 Å². The van der Waals surface area contributed by atoms with E-state index in [0.717, 1.165) is 54.2 Å². The Hall–Kier alpha value is -4.68. The molecule has 1 fully saturated rings. The normalized spacial score (nSPS) is 15.1. The van der Waals surface area contributed by atoms with Gasteiger partial charge in [0.25, 0.3) is 0 Å². The molecule has 1 heterocycles. The monoisotopic (exact) mass is 701 g/mol. The van der Waals surface area contributed by atoms with E-state index in [0.29, 0.717) is 30.0 Å². The zero-order chi connectivity index (χ0) is 34.4. The fraction of sp³-hybridized carbons (Fsp3) is 0.333. The highest BCUT2D eigenvalue weighted by Crippen LogP contribution is 2.44. The molecule has 254 valence electrons. The second-order valence-corrected chi connectivity index (χ2v) is 14.8. The van der Waals surface area contributed by atoms with Crippen LogP contribution in [0.3, 0.4) is 0 Å². The zero-order valence-electron chi connectivity index (χ0n) is 26.9. The number of benzene rings is 3. The summed E-state index contributed by atoms with van der Waals surface area (Å²) in [5.41, 5.74) is 5.71. The summed E-state index contributed by atoms with van der Waals surface area (Å²) in [6.45, 7) is 0.302. The molecule has 13 heteroatoms. The van der Waals surface area contributed by atoms with Crippen molar-refractivity contribution < 1.29 is 27.6 Å². The number of fused-ring (bicyclic) bond motifs is 3. The number of hydrogen-bond acceptors (Lipinski definition) is 10. The Morgan fingerprint density at radius 2 is 1.67 bits per heavy atom. The van der Waals surface area contributed by atoms with Crippen LogP contribution < -0.4 is 5.32 Å². The second-order valence-electron chi connectivity index (χ2n) is 12.4. The zero-order valence-corrected chi connectivity index (χ0v) is 28.5. The lowest BCUT2D eigenvalue weighted by atomic mass is 9.87. The van der Waals surface area contributed by atoms with Crippen LogP contribution in [0.5, 0.6) is 0 Å². The maximum atomic E-state index is 13.5. The van der Waals surface area contributed by atoms with Crippen LogP contribution in [0.1, 0.15) is 66.3 Å². The summed E-state index contributed by atoms with van der Waals surface area (Å²) in [5.74, 6) is -0.221. The van der Waals surface area contributed by atoms with Crippen molar-refractivity contribution >= 4 is 39.3 Å². The molecule has 4 aromatic rings. The Morgan fingerprint density at radius 3 is 2.31 bits per heavy atom. The van der Waals surface area contributed by atoms with Gasteiger partial charge in [0, 0.05) is 23.9 Å². The number of aromatic nitrogens is 2. The van der Waals surface area contributed by atoms with Gasteiger partial charge < -0.3 is 10.1 Å². The van der Waals surface area contributed by atoms with Crippen LogP contribution in [0.4, 0.5) is 10.6 Å². The Bertz CT molecular complexity index is 1920. The molecule has 0 bridgehead atoms. The molecule has 0 unspecified atom stereocenters. The van der Waals surface area contributed by atoms with Gasteiger partial charge in [-0.25, -0.2) is 18.2 Å². The van der Waals surface area contributed by atoms with E-state index >= 15 is 0 Å². The SMILES string of the molecule is CS(=O)(=O)c1ccc([C@@H](CC2CCCC2)C(=O)Nc2cnc(CCN=NOC(=O)OCC3c4ccccc4-c4ccccc43)cn2)cc1Cl. The van der Waals surface area contributed by atoms with E-state index in [2.05, 4.69) is 37.8 Å². The Labute approximate surface area is 290 Å². The predicted octanol–water partition coefficient (Wildman–Crippen LogP) is 7.71. The molecule has 1 saturated carbocycles. The topological polar surface area (TPSA) is 149 Å². The molecule has 0 saturated heterocycles. The smallest absolute Gasteiger partial charge is 0.432 e. The fourth-order valence-corrected chi connectivity index (χ4v) is 7.99. The van der Waals surface area contributed by atoms with Gasteiger partial charge >= 0.3 is 6.16 Å². The summed E-state index contributed by atoms with van der Waals surface area (Å²) in [6, 6.07) is 20.8. The molecule has 2 aliphatic rings. The van der Waals surface area contributed by atoms with E-state index in [-0.39, 0.29) is 40.7 Å². The van der Waals surface area contributed by atoms with E-state index in [4.69, 9.17) is 21.2 Å². The average molecular weight is 702 g/mol. The van der Waals surface area contributed by atoms with Crippen molar-refractivity contribution in [3.05, 3.63) is 107 Å². The van der Waals surface area contributed by atoms with Crippen LogP contribution in [-0.2, 0) is 30.6 Å². The molecular weight excluding hydrogens is 666 g/mol. The summed E-state index contributed by atoms with van der Waals surface area (Å²) in [5, 5.41) is 10.3. The van der Waals surface area contributed by atoms with Crippen molar-refractivity contribution in [1.82, 2.24) is 9.97 Å². The van der Waals surface area contributed by atoms with Crippen molar-refractivity contribution in [3.8, 4) is 11.1 Å². The van der Waals surface area contributed by atoms with Crippen LogP contribution in [0, 0.1) is 5.92 Å². The maximum absolute atomic E-state index is 13.5. The van der Waals surface area contributed by atoms with Crippen molar-refractivity contribution in [2.75, 3.05) is 24.7 Å². The van der Waals surface area contributed by atoms with Crippen molar-refractivity contribution in [2.45, 2.75) is 55.3 Å². The van der Waals surface area contributed by atoms with Crippen LogP contribution >= 0.6 is 11.6 Å². The molecule has 11 nitrogen and oxygen atoms in total. The van der Waals surface area contributed by atoms with Gasteiger partial charge in [0.05, 0.1) is 40.5 Å². The van der Waals surface area contributed by atoms with Gasteiger partial charge in [0.1, 0.15) is 6.61 Å². The molecule has 49 heavy (non-hydrogen) atoms. The van der Waals surface area contributed by atoms with Crippen molar-refractivity contribution in [2.24, 2.45) is 16.3 Å². The average Bonchev–Trinajstić information content (AvgIpc) is 3.72. The van der Waals surface area contributed by atoms with Gasteiger partial charge in [-0.1, -0.05) is 91.9 Å². The number of nitrogens with one attached hydrogen (secondary N) is 1. The Balaban J connectivity index is 0.985. The summed E-state index contributed by atoms with van der Waals surface area (Å²) in [6.07, 6.45) is 8.48. The largest absolute Gasteiger partial charge is 0.536 e. The van der Waals surface area contributed by atoms with E-state index in [1.807, 2.05) is 36.4 Å². The quantitative estimate of drug-likeness (QED) is 0.0897. The molecule has 0 spiro atoms. The number of nitrogens with zero attached hydrogens (tertiary/aromatic N) is 4. The van der Waals surface area contributed by atoms with Gasteiger partial charge in [-0.15, -0.1) is 0 Å². The predicted molar refractivity (Wildman–Crippen MR) is 184 cm³/mol. The summed E-state index contributed by atoms with van der Waals surface area (Å²) < 4.78 is 29.5. The minimum absolute atomic E-state index is 0.0303. The molecule has 1 aromatic heterocycles. The van der Waals surface area contributed by atoms with E-state index < -0.39 is 21.9 Å². The minimum atomic E-state index is -3.50. The van der Waals surface area contributed by atoms with Crippen LogP contribution in [0.2, 0.25) is 5.02 Å². The molecule has 3 aromatic carbocycles. The second kappa shape index (κ2) is 15.3. The molecule has 1 atom stereocenters. The number of amides is 1. The fourth-order valence-electron chi connectivity index (χ4n) is 6.65. The first-order valence-electron chi connectivity index (χ1n) is 16.2. The number of ether oxygens (including phenoxy) is 1. The van der Waals surface area contributed by atoms with Crippen LogP contribution in [-0.4, -0.2) is 49.9 Å². The van der Waals surface area contributed by atoms with Crippen LogP contribution in [0.25, 0.3) is 11.1 Å². The molecule has 0 radical (unpaired) electrons. The number of carbonyl (C=O) groups is 2. The number of anilines is 1. The molecule has 1 amide bonds. The molecule has 2 aliphatic carbocycles. The number of rotatable bonds is 12. The molecule has 0 aliphatic heterocycles. The van der Waals surface area contributed by atoms with E-state index in [1.165, 1.54) is 18.5 Å². The Kier molecular flexibility index (Phi) is 10.6. The number of carbonyl (C=O) groups excluding carboxylic acids is 2. The standard InChI is InChI=1S/C36H36ClN5O6S/c1-49(45,46)33-15-14-24(19-32(33)37)30(18-23-8-2-3-9-23)35(43)41-34-21-38-25(20-39-34)16-17-40-42-48-36(44)47-22-31-28-12-6-4-10-26(28)27-11-5-7-13-29(27)31/h4-7,10-15,19-21,23,30-31H,2-3,8-9,16-18,22H2,1H3,(H,39,41,43)/t30-/m1/s1. The number of halogens is 1. The van der Waals surface area contributed by atoms with Crippen molar-refractivity contribution in [1.29, 1.82) is 0 Å². The van der Waals surface area contributed by atoms with Crippen molar-refractivity contribution in [3.63, 3.8) is 0 Å². The minimum Gasteiger partial charge on any atom is -0.432 e. The summed E-state index contributed by atoms with van der Waals surface area (Å²) in [7, 11) is -3.50. The van der Waals surface area contributed by atoms with Gasteiger partial charge in [-0.2, -0.15) is 5.11 Å². The first kappa shape index (κ1) is 34.2. The molecule has 1 N–H and O–H groups in total. The third-order valence-electron chi connectivity index (χ3n) is 9.05. The summed E-state index contributed by atoms with van der Waals surface area (Å²) in [4.78, 5) is 39.2. The first-order valence-corrected chi connectivity index (χ1v) is 18.4. The van der Waals surface area contributed by atoms with Crippen LogP contribution in [0.15, 0.2) is 94.4 Å². The third kappa shape index (κ3) is 8.31. The van der Waals surface area contributed by atoms with Gasteiger partial charge in [-0.3, -0.25) is 14.6 Å². The third-order valence-corrected chi connectivity index (χ3v) is 10.6. The maximum Gasteiger partial charge on any atom is 0.536 e. The number of hydrogen-bond donors (Lipinski definition) is 1. The van der Waals surface area contributed by atoms with E-state index in [9.17, 15) is 18.0 Å². The molecule has 6 rings (SSSR count). The van der Waals surface area contributed by atoms with Gasteiger partial charge in [0.15, 0.2) is 15.7 Å². The first-order chi connectivity index (χ1) is 23.7. The summed E-state index contributed by atoms with van der Waals surface area (Å²) >= 11 is 6.32. The van der Waals surface area contributed by atoms with Gasteiger partial charge in [-0.05, 0) is 52.3 Å². The van der Waals surface area contributed by atoms with E-state index in [1.54, 1.807) is 12.1 Å². The lowest BCUT2D eigenvalue weighted by Gasteiger charge is -2.21. The lowest BCUT2D eigenvalue weighted by Crippen LogP contribution is -2.24. The highest BCUT2D eigenvalue weighted by molar-refractivity contribution is 7.90. The highest BCUT2D eigenvalue weighted by atomic mass is 35.5. The Morgan fingerprint density at radius 1 is 0.980 bits per heavy atom.